The SMILES string of the molecule is COC(=O)C[C@H]1CC[C@H](N(C(=O)c2ccc(Br)cc2F)C2CC2)CC1. The van der Waals surface area contributed by atoms with E-state index >= 15 is 0 Å². The van der Waals surface area contributed by atoms with E-state index in [4.69, 9.17) is 4.74 Å². The Bertz CT molecular complexity index is 654. The second-order valence-electron chi connectivity index (χ2n) is 7.02. The van der Waals surface area contributed by atoms with E-state index < -0.39 is 5.82 Å². The van der Waals surface area contributed by atoms with Crippen LogP contribution >= 0.6 is 15.9 Å². The first kappa shape index (κ1) is 18.4. The Morgan fingerprint density at radius 1 is 1.16 bits per heavy atom. The standard InChI is InChI=1S/C19H23BrFNO3/c1-25-18(23)10-12-2-5-14(6-3-12)22(15-7-8-15)19(24)16-9-4-13(20)11-17(16)21/h4,9,11-12,14-15H,2-3,5-8,10H2,1H3/t12-,14-. The topological polar surface area (TPSA) is 46.6 Å². The maximum atomic E-state index is 14.2. The van der Waals surface area contributed by atoms with Gasteiger partial charge < -0.3 is 9.64 Å². The van der Waals surface area contributed by atoms with E-state index in [2.05, 4.69) is 15.9 Å². The van der Waals surface area contributed by atoms with E-state index in [0.29, 0.717) is 16.8 Å². The minimum absolute atomic E-state index is 0.136. The molecule has 0 unspecified atom stereocenters. The highest BCUT2D eigenvalue weighted by Gasteiger charge is 2.40. The molecule has 4 nitrogen and oxygen atoms in total. The van der Waals surface area contributed by atoms with E-state index in [1.807, 2.05) is 4.90 Å². The summed E-state index contributed by atoms with van der Waals surface area (Å²) in [5.74, 6) is -0.534. The molecule has 25 heavy (non-hydrogen) atoms. The van der Waals surface area contributed by atoms with Crippen molar-refractivity contribution in [3.8, 4) is 0 Å². The third-order valence-corrected chi connectivity index (χ3v) is 5.72. The van der Waals surface area contributed by atoms with Crippen LogP contribution < -0.4 is 0 Å². The molecule has 0 N–H and O–H groups in total. The average molecular weight is 412 g/mol. The van der Waals surface area contributed by atoms with Gasteiger partial charge in [0.05, 0.1) is 12.7 Å². The zero-order valence-corrected chi connectivity index (χ0v) is 15.9. The number of carbonyl (C=O) groups excluding carboxylic acids is 2. The predicted molar refractivity (Wildman–Crippen MR) is 95.7 cm³/mol. The summed E-state index contributed by atoms with van der Waals surface area (Å²) in [6, 6.07) is 4.97. The number of benzene rings is 1. The third-order valence-electron chi connectivity index (χ3n) is 5.23. The quantitative estimate of drug-likeness (QED) is 0.677. The number of halogens is 2. The van der Waals surface area contributed by atoms with Gasteiger partial charge in [-0.25, -0.2) is 4.39 Å². The number of carbonyl (C=O) groups is 2. The molecular formula is C19H23BrFNO3. The Kier molecular flexibility index (Phi) is 5.77. The van der Waals surface area contributed by atoms with Crippen LogP contribution in [0.3, 0.4) is 0 Å². The Morgan fingerprint density at radius 3 is 2.28 bits per heavy atom. The molecule has 1 amide bonds. The van der Waals surface area contributed by atoms with E-state index in [1.54, 1.807) is 12.1 Å². The van der Waals surface area contributed by atoms with Crippen LogP contribution in [0.5, 0.6) is 0 Å². The van der Waals surface area contributed by atoms with Gasteiger partial charge in [0.2, 0.25) is 0 Å². The van der Waals surface area contributed by atoms with Gasteiger partial charge in [-0.15, -0.1) is 0 Å². The maximum Gasteiger partial charge on any atom is 0.305 e. The van der Waals surface area contributed by atoms with Crippen molar-refractivity contribution in [2.75, 3.05) is 7.11 Å². The van der Waals surface area contributed by atoms with Crippen molar-refractivity contribution in [3.63, 3.8) is 0 Å². The van der Waals surface area contributed by atoms with Crippen molar-refractivity contribution in [2.24, 2.45) is 5.92 Å². The van der Waals surface area contributed by atoms with Crippen molar-refractivity contribution in [3.05, 3.63) is 34.1 Å². The van der Waals surface area contributed by atoms with Crippen LogP contribution in [0.25, 0.3) is 0 Å². The number of esters is 1. The van der Waals surface area contributed by atoms with Gasteiger partial charge in [-0.05, 0) is 62.6 Å². The minimum atomic E-state index is -0.482. The van der Waals surface area contributed by atoms with Crippen LogP contribution in [0.1, 0.15) is 55.3 Å². The van der Waals surface area contributed by atoms with Gasteiger partial charge in [-0.2, -0.15) is 0 Å². The first-order valence-corrected chi connectivity index (χ1v) is 9.63. The molecule has 0 atom stereocenters. The summed E-state index contributed by atoms with van der Waals surface area (Å²) in [4.78, 5) is 26.3. The number of amides is 1. The molecule has 0 spiro atoms. The zero-order valence-electron chi connectivity index (χ0n) is 14.3. The lowest BCUT2D eigenvalue weighted by molar-refractivity contribution is -0.142. The van der Waals surface area contributed by atoms with Crippen LogP contribution in [0.4, 0.5) is 4.39 Å². The molecular weight excluding hydrogens is 389 g/mol. The van der Waals surface area contributed by atoms with Crippen LogP contribution in [0.15, 0.2) is 22.7 Å². The molecule has 6 heteroatoms. The Morgan fingerprint density at radius 2 is 1.76 bits per heavy atom. The van der Waals surface area contributed by atoms with Crippen LogP contribution in [0, 0.1) is 11.7 Å². The lowest BCUT2D eigenvalue weighted by Crippen LogP contribution is -2.44. The van der Waals surface area contributed by atoms with Gasteiger partial charge in [0, 0.05) is 23.0 Å². The molecule has 2 aliphatic carbocycles. The van der Waals surface area contributed by atoms with Gasteiger partial charge in [0.25, 0.3) is 5.91 Å². The lowest BCUT2D eigenvalue weighted by Gasteiger charge is -2.37. The fraction of sp³-hybridized carbons (Fsp3) is 0.579. The fourth-order valence-corrected chi connectivity index (χ4v) is 4.06. The van der Waals surface area contributed by atoms with Crippen LogP contribution in [-0.2, 0) is 9.53 Å². The number of methoxy groups -OCH3 is 1. The Balaban J connectivity index is 1.68. The molecule has 0 bridgehead atoms. The molecule has 0 aromatic heterocycles. The Hall–Kier alpha value is -1.43. The third kappa shape index (κ3) is 4.40. The van der Waals surface area contributed by atoms with E-state index in [1.165, 1.54) is 13.2 Å². The number of hydrogen-bond donors (Lipinski definition) is 0. The molecule has 0 radical (unpaired) electrons. The van der Waals surface area contributed by atoms with Crippen LogP contribution in [0.2, 0.25) is 0 Å². The van der Waals surface area contributed by atoms with E-state index in [9.17, 15) is 14.0 Å². The molecule has 0 aliphatic heterocycles. The van der Waals surface area contributed by atoms with E-state index in [0.717, 1.165) is 38.5 Å². The number of hydrogen-bond acceptors (Lipinski definition) is 3. The van der Waals surface area contributed by atoms with Crippen molar-refractivity contribution >= 4 is 27.8 Å². The predicted octanol–water partition coefficient (Wildman–Crippen LogP) is 4.31. The molecule has 0 saturated heterocycles. The van der Waals surface area contributed by atoms with Crippen molar-refractivity contribution < 1.29 is 18.7 Å². The van der Waals surface area contributed by atoms with Crippen molar-refractivity contribution in [2.45, 2.75) is 57.0 Å². The molecule has 136 valence electrons. The van der Waals surface area contributed by atoms with Crippen molar-refractivity contribution in [1.29, 1.82) is 0 Å². The highest BCUT2D eigenvalue weighted by molar-refractivity contribution is 9.10. The molecule has 1 aromatic carbocycles. The summed E-state index contributed by atoms with van der Waals surface area (Å²) in [5, 5.41) is 0. The fourth-order valence-electron chi connectivity index (χ4n) is 3.73. The van der Waals surface area contributed by atoms with E-state index in [-0.39, 0.29) is 29.5 Å². The minimum Gasteiger partial charge on any atom is -0.469 e. The van der Waals surface area contributed by atoms with Gasteiger partial charge in [-0.3, -0.25) is 9.59 Å². The largest absolute Gasteiger partial charge is 0.469 e. The van der Waals surface area contributed by atoms with Crippen molar-refractivity contribution in [1.82, 2.24) is 4.90 Å². The summed E-state index contributed by atoms with van der Waals surface area (Å²) in [6.45, 7) is 0. The molecule has 3 rings (SSSR count). The number of nitrogens with zero attached hydrogens (tertiary/aromatic N) is 1. The summed E-state index contributed by atoms with van der Waals surface area (Å²) in [6.07, 6.45) is 5.96. The maximum absolute atomic E-state index is 14.2. The normalized spacial score (nSPS) is 23.2. The van der Waals surface area contributed by atoms with Gasteiger partial charge >= 0.3 is 5.97 Å². The first-order chi connectivity index (χ1) is 12.0. The smallest absolute Gasteiger partial charge is 0.305 e. The highest BCUT2D eigenvalue weighted by atomic mass is 79.9. The molecule has 2 saturated carbocycles. The second kappa shape index (κ2) is 7.85. The second-order valence-corrected chi connectivity index (χ2v) is 7.94. The lowest BCUT2D eigenvalue weighted by atomic mass is 9.83. The summed E-state index contributed by atoms with van der Waals surface area (Å²) in [7, 11) is 1.41. The van der Waals surface area contributed by atoms with Crippen LogP contribution in [-0.4, -0.2) is 36.0 Å². The number of ether oxygens (including phenoxy) is 1. The molecule has 1 aromatic rings. The first-order valence-electron chi connectivity index (χ1n) is 8.84. The van der Waals surface area contributed by atoms with Gasteiger partial charge in [0.1, 0.15) is 5.82 Å². The molecule has 2 fully saturated rings. The summed E-state index contributed by atoms with van der Waals surface area (Å²) < 4.78 is 19.6. The Labute approximate surface area is 155 Å². The monoisotopic (exact) mass is 411 g/mol. The molecule has 2 aliphatic rings. The van der Waals surface area contributed by atoms with Gasteiger partial charge in [-0.1, -0.05) is 15.9 Å². The summed E-state index contributed by atoms with van der Waals surface area (Å²) >= 11 is 3.23. The number of rotatable bonds is 5. The zero-order chi connectivity index (χ0) is 18.0. The molecule has 0 heterocycles. The highest BCUT2D eigenvalue weighted by Crippen LogP contribution is 2.37. The summed E-state index contributed by atoms with van der Waals surface area (Å²) in [5.41, 5.74) is 0.145. The van der Waals surface area contributed by atoms with Gasteiger partial charge in [0.15, 0.2) is 0 Å². The average Bonchev–Trinajstić information content (AvgIpc) is 3.41.